The van der Waals surface area contributed by atoms with Crippen LogP contribution in [0.2, 0.25) is 0 Å². The quantitative estimate of drug-likeness (QED) is 0.764. The second-order valence-corrected chi connectivity index (χ2v) is 3.32. The third-order valence-electron chi connectivity index (χ3n) is 1.72. The zero-order valence-electron chi connectivity index (χ0n) is 7.14. The Labute approximate surface area is 79.5 Å². The summed E-state index contributed by atoms with van der Waals surface area (Å²) in [7, 11) is 0. The molecule has 5 nitrogen and oxygen atoms in total. The van der Waals surface area contributed by atoms with Crippen molar-refractivity contribution in [2.75, 3.05) is 5.73 Å². The van der Waals surface area contributed by atoms with Gasteiger partial charge in [-0.05, 0) is 6.92 Å². The maximum atomic E-state index is 5.65. The van der Waals surface area contributed by atoms with Crippen molar-refractivity contribution in [1.82, 2.24) is 18.5 Å². The van der Waals surface area contributed by atoms with E-state index in [1.807, 2.05) is 6.92 Å². The number of nitrogens with zero attached hydrogens (tertiary/aromatic N) is 4. The van der Waals surface area contributed by atoms with Gasteiger partial charge in [-0.1, -0.05) is 0 Å². The Morgan fingerprint density at radius 3 is 3.00 bits per heavy atom. The predicted molar refractivity (Wildman–Crippen MR) is 50.4 cm³/mol. The van der Waals surface area contributed by atoms with Crippen molar-refractivity contribution in [3.05, 3.63) is 23.8 Å². The molecule has 0 aliphatic heterocycles. The Kier molecular flexibility index (Phi) is 1.97. The van der Waals surface area contributed by atoms with Crippen LogP contribution in [-0.4, -0.2) is 18.5 Å². The summed E-state index contributed by atoms with van der Waals surface area (Å²) in [6, 6.07) is 0. The van der Waals surface area contributed by atoms with E-state index in [9.17, 15) is 0 Å². The average molecular weight is 195 g/mol. The maximum Gasteiger partial charge on any atom is 0.0957 e. The van der Waals surface area contributed by atoms with Crippen molar-refractivity contribution in [2.24, 2.45) is 0 Å². The lowest BCUT2D eigenvalue weighted by Gasteiger charge is -1.94. The molecule has 2 heterocycles. The minimum atomic E-state index is 0.633. The highest BCUT2D eigenvalue weighted by atomic mass is 32.1. The van der Waals surface area contributed by atoms with Gasteiger partial charge in [0, 0.05) is 6.20 Å². The Hall–Kier alpha value is -1.43. The monoisotopic (exact) mass is 195 g/mol. The van der Waals surface area contributed by atoms with E-state index in [1.54, 1.807) is 17.1 Å². The predicted octanol–water partition coefficient (Wildman–Crippen LogP) is 0.674. The molecule has 0 unspecified atom stereocenters. The van der Waals surface area contributed by atoms with E-state index in [2.05, 4.69) is 13.8 Å². The van der Waals surface area contributed by atoms with E-state index in [-0.39, 0.29) is 0 Å². The largest absolute Gasteiger partial charge is 0.396 e. The molecule has 2 rings (SSSR count). The molecule has 68 valence electrons. The smallest absolute Gasteiger partial charge is 0.0957 e. The van der Waals surface area contributed by atoms with Crippen LogP contribution < -0.4 is 5.73 Å². The summed E-state index contributed by atoms with van der Waals surface area (Å²) in [4.78, 5) is 0. The molecule has 13 heavy (non-hydrogen) atoms. The van der Waals surface area contributed by atoms with Gasteiger partial charge in [-0.2, -0.15) is 13.8 Å². The van der Waals surface area contributed by atoms with Gasteiger partial charge in [-0.25, -0.2) is 0 Å². The van der Waals surface area contributed by atoms with Crippen molar-refractivity contribution in [3.63, 3.8) is 0 Å². The summed E-state index contributed by atoms with van der Waals surface area (Å²) in [5.41, 5.74) is 8.12. The first kappa shape index (κ1) is 8.18. The van der Waals surface area contributed by atoms with Gasteiger partial charge in [-0.3, -0.25) is 4.68 Å². The molecule has 0 aromatic carbocycles. The van der Waals surface area contributed by atoms with Crippen LogP contribution in [0, 0.1) is 6.92 Å². The van der Waals surface area contributed by atoms with Crippen LogP contribution in [0.5, 0.6) is 0 Å². The van der Waals surface area contributed by atoms with E-state index in [0.717, 1.165) is 11.4 Å². The molecule has 0 amide bonds. The Balaban J connectivity index is 2.19. The second kappa shape index (κ2) is 3.14. The first-order valence-corrected chi connectivity index (χ1v) is 4.54. The van der Waals surface area contributed by atoms with Crippen LogP contribution >= 0.6 is 11.7 Å². The molecule has 0 saturated heterocycles. The molecule has 0 aliphatic carbocycles. The highest BCUT2D eigenvalue weighted by Crippen LogP contribution is 2.08. The molecular formula is C7H9N5S. The van der Waals surface area contributed by atoms with Gasteiger partial charge in [0.05, 0.1) is 41.5 Å². The second-order valence-electron chi connectivity index (χ2n) is 2.77. The number of hydrogen-bond donors (Lipinski definition) is 1. The minimum absolute atomic E-state index is 0.633. The zero-order valence-corrected chi connectivity index (χ0v) is 7.95. The summed E-state index contributed by atoms with van der Waals surface area (Å²) in [5.74, 6) is 0. The molecule has 6 heteroatoms. The molecule has 0 spiro atoms. The number of hydrogen-bond acceptors (Lipinski definition) is 5. The third kappa shape index (κ3) is 1.67. The van der Waals surface area contributed by atoms with Crippen LogP contribution in [0.4, 0.5) is 5.69 Å². The zero-order chi connectivity index (χ0) is 9.26. The van der Waals surface area contributed by atoms with E-state index >= 15 is 0 Å². The first-order chi connectivity index (χ1) is 6.25. The highest BCUT2D eigenvalue weighted by Gasteiger charge is 2.02. The fourth-order valence-corrected chi connectivity index (χ4v) is 1.46. The number of nitrogen functional groups attached to an aromatic ring is 1. The molecule has 2 aromatic rings. The number of nitrogens with two attached hydrogens (primary N) is 1. The molecule has 2 aromatic heterocycles. The van der Waals surface area contributed by atoms with Gasteiger partial charge in [-0.15, -0.1) is 0 Å². The molecule has 2 N–H and O–H groups in total. The average Bonchev–Trinajstić information content (AvgIpc) is 2.64. The van der Waals surface area contributed by atoms with E-state index in [1.165, 1.54) is 11.7 Å². The van der Waals surface area contributed by atoms with Crippen LogP contribution in [0.1, 0.15) is 11.4 Å². The highest BCUT2D eigenvalue weighted by molar-refractivity contribution is 6.99. The number of rotatable bonds is 2. The number of aryl methyl sites for hydroxylation is 1. The van der Waals surface area contributed by atoms with E-state index in [0.29, 0.717) is 12.2 Å². The standard InChI is InChI=1S/C7H9N5S/c1-5-7(8)4-12(10-5)3-6-2-9-13-11-6/h2,4H,3,8H2,1H3. The molecule has 0 saturated carbocycles. The third-order valence-corrected chi connectivity index (χ3v) is 2.23. The number of aromatic nitrogens is 4. The van der Waals surface area contributed by atoms with Gasteiger partial charge >= 0.3 is 0 Å². The first-order valence-electron chi connectivity index (χ1n) is 3.81. The Morgan fingerprint density at radius 2 is 2.46 bits per heavy atom. The summed E-state index contributed by atoms with van der Waals surface area (Å²) < 4.78 is 9.75. The topological polar surface area (TPSA) is 69.6 Å². The molecule has 0 radical (unpaired) electrons. The fraction of sp³-hybridized carbons (Fsp3) is 0.286. The lowest BCUT2D eigenvalue weighted by atomic mass is 10.4. The normalized spacial score (nSPS) is 10.5. The van der Waals surface area contributed by atoms with Gasteiger partial charge in [0.2, 0.25) is 0 Å². The minimum Gasteiger partial charge on any atom is -0.396 e. The Bertz CT molecular complexity index is 371. The SMILES string of the molecule is Cc1nn(Cc2cnsn2)cc1N. The summed E-state index contributed by atoms with van der Waals surface area (Å²) in [6.07, 6.45) is 3.53. The Morgan fingerprint density at radius 1 is 1.62 bits per heavy atom. The van der Waals surface area contributed by atoms with Crippen LogP contribution in [0.25, 0.3) is 0 Å². The molecule has 0 bridgehead atoms. The molecule has 0 aliphatic rings. The van der Waals surface area contributed by atoms with Crippen molar-refractivity contribution >= 4 is 17.4 Å². The molecule has 0 atom stereocenters. The summed E-state index contributed by atoms with van der Waals surface area (Å²) in [5, 5.41) is 4.21. The van der Waals surface area contributed by atoms with Gasteiger partial charge < -0.3 is 5.73 Å². The van der Waals surface area contributed by atoms with Gasteiger partial charge in [0.15, 0.2) is 0 Å². The van der Waals surface area contributed by atoms with Crippen LogP contribution in [-0.2, 0) is 6.54 Å². The summed E-state index contributed by atoms with van der Waals surface area (Å²) in [6.45, 7) is 2.51. The summed E-state index contributed by atoms with van der Waals surface area (Å²) >= 11 is 1.20. The van der Waals surface area contributed by atoms with Crippen molar-refractivity contribution in [3.8, 4) is 0 Å². The molecular weight excluding hydrogens is 186 g/mol. The number of anilines is 1. The lowest BCUT2D eigenvalue weighted by molar-refractivity contribution is 0.670. The van der Waals surface area contributed by atoms with Gasteiger partial charge in [0.25, 0.3) is 0 Å². The van der Waals surface area contributed by atoms with Crippen molar-refractivity contribution in [1.29, 1.82) is 0 Å². The molecule has 0 fully saturated rings. The van der Waals surface area contributed by atoms with Gasteiger partial charge in [0.1, 0.15) is 0 Å². The van der Waals surface area contributed by atoms with Crippen LogP contribution in [0.15, 0.2) is 12.4 Å². The van der Waals surface area contributed by atoms with Crippen molar-refractivity contribution < 1.29 is 0 Å². The van der Waals surface area contributed by atoms with Crippen molar-refractivity contribution in [2.45, 2.75) is 13.5 Å². The fourth-order valence-electron chi connectivity index (χ4n) is 1.03. The lowest BCUT2D eigenvalue weighted by Crippen LogP contribution is -2.00. The maximum absolute atomic E-state index is 5.65. The van der Waals surface area contributed by atoms with E-state index < -0.39 is 0 Å². The van der Waals surface area contributed by atoms with Crippen LogP contribution in [0.3, 0.4) is 0 Å². The van der Waals surface area contributed by atoms with E-state index in [4.69, 9.17) is 5.73 Å².